The van der Waals surface area contributed by atoms with Crippen molar-refractivity contribution < 1.29 is 4.79 Å². The van der Waals surface area contributed by atoms with Gasteiger partial charge < -0.3 is 5.73 Å². The topological polar surface area (TPSA) is 67.5 Å². The molecule has 4 bridgehead atoms. The van der Waals surface area contributed by atoms with Crippen LogP contribution in [-0.2, 0) is 0 Å². The Hall–Kier alpha value is -1.06. The number of rotatable bonds is 3. The van der Waals surface area contributed by atoms with Crippen LogP contribution in [-0.4, -0.2) is 11.7 Å². The summed E-state index contributed by atoms with van der Waals surface area (Å²) < 4.78 is 0. The Morgan fingerprint density at radius 1 is 1.22 bits per heavy atom. The standard InChI is InChI=1S/C14H23N3O/c1-9(16-17-13(15)18)5-14-6-10-2-11(7-14)4-12(3-10)8-14/h10-12H,2-8H2,1H3,(H3,15,17,18)/b16-9-. The monoisotopic (exact) mass is 249 g/mol. The van der Waals surface area contributed by atoms with E-state index < -0.39 is 6.03 Å². The van der Waals surface area contributed by atoms with Crippen molar-refractivity contribution in [2.24, 2.45) is 34.0 Å². The fourth-order valence-electron chi connectivity index (χ4n) is 5.24. The number of hydrazone groups is 1. The summed E-state index contributed by atoms with van der Waals surface area (Å²) in [5, 5.41) is 4.09. The maximum Gasteiger partial charge on any atom is 0.332 e. The van der Waals surface area contributed by atoms with Gasteiger partial charge in [0.15, 0.2) is 0 Å². The summed E-state index contributed by atoms with van der Waals surface area (Å²) in [6, 6.07) is -0.570. The minimum atomic E-state index is -0.570. The summed E-state index contributed by atoms with van der Waals surface area (Å²) >= 11 is 0. The third-order valence-electron chi connectivity index (χ3n) is 5.15. The number of nitrogens with two attached hydrogens (primary N) is 1. The van der Waals surface area contributed by atoms with Crippen molar-refractivity contribution >= 4 is 11.7 Å². The molecule has 18 heavy (non-hydrogen) atoms. The minimum absolute atomic E-state index is 0.488. The second kappa shape index (κ2) is 4.25. The number of amides is 2. The predicted octanol–water partition coefficient (Wildman–Crippen LogP) is 2.64. The molecule has 0 atom stereocenters. The number of nitrogens with zero attached hydrogens (tertiary/aromatic N) is 1. The number of carbonyl (C=O) groups is 1. The van der Waals surface area contributed by atoms with E-state index in [4.69, 9.17) is 5.73 Å². The third-order valence-corrected chi connectivity index (χ3v) is 5.15. The Morgan fingerprint density at radius 2 is 1.72 bits per heavy atom. The van der Waals surface area contributed by atoms with Gasteiger partial charge in [-0.05, 0) is 75.0 Å². The number of nitrogens with one attached hydrogen (secondary N) is 1. The van der Waals surface area contributed by atoms with Crippen molar-refractivity contribution in [1.29, 1.82) is 0 Å². The van der Waals surface area contributed by atoms with Gasteiger partial charge in [-0.3, -0.25) is 0 Å². The average molecular weight is 249 g/mol. The molecular formula is C14H23N3O. The van der Waals surface area contributed by atoms with Crippen LogP contribution < -0.4 is 11.2 Å². The van der Waals surface area contributed by atoms with Crippen LogP contribution in [0, 0.1) is 23.2 Å². The van der Waals surface area contributed by atoms with Gasteiger partial charge in [-0.1, -0.05) is 0 Å². The SMILES string of the molecule is C/C(CC12CC3CC(CC(C3)C1)C2)=N/NC(N)=O. The van der Waals surface area contributed by atoms with Gasteiger partial charge in [0, 0.05) is 5.71 Å². The van der Waals surface area contributed by atoms with Gasteiger partial charge in [0.25, 0.3) is 0 Å². The molecule has 4 nitrogen and oxygen atoms in total. The first-order valence-corrected chi connectivity index (χ1v) is 7.13. The highest BCUT2D eigenvalue weighted by Crippen LogP contribution is 2.61. The van der Waals surface area contributed by atoms with E-state index in [0.29, 0.717) is 5.41 Å². The predicted molar refractivity (Wildman–Crippen MR) is 71.1 cm³/mol. The molecule has 0 radical (unpaired) electrons. The zero-order valence-electron chi connectivity index (χ0n) is 11.1. The fraction of sp³-hybridized carbons (Fsp3) is 0.857. The molecule has 0 heterocycles. The zero-order chi connectivity index (χ0) is 12.8. The summed E-state index contributed by atoms with van der Waals surface area (Å²) in [5.41, 5.74) is 8.91. The number of hydrogen-bond acceptors (Lipinski definition) is 2. The van der Waals surface area contributed by atoms with Crippen molar-refractivity contribution in [2.75, 3.05) is 0 Å². The quantitative estimate of drug-likeness (QED) is 0.586. The Kier molecular flexibility index (Phi) is 2.83. The first-order chi connectivity index (χ1) is 8.55. The van der Waals surface area contributed by atoms with E-state index in [9.17, 15) is 4.79 Å². The molecule has 4 aliphatic rings. The molecular weight excluding hydrogens is 226 g/mol. The van der Waals surface area contributed by atoms with Crippen LogP contribution in [0.2, 0.25) is 0 Å². The highest BCUT2D eigenvalue weighted by atomic mass is 16.2. The molecule has 3 N–H and O–H groups in total. The van der Waals surface area contributed by atoms with Crippen LogP contribution in [0.1, 0.15) is 51.9 Å². The van der Waals surface area contributed by atoms with Gasteiger partial charge in [-0.15, -0.1) is 0 Å². The number of primary amides is 1. The molecule has 0 aromatic heterocycles. The maximum absolute atomic E-state index is 10.7. The number of urea groups is 1. The van der Waals surface area contributed by atoms with Crippen molar-refractivity contribution in [3.05, 3.63) is 0 Å². The molecule has 4 saturated carbocycles. The van der Waals surface area contributed by atoms with Gasteiger partial charge in [0.1, 0.15) is 0 Å². The van der Waals surface area contributed by atoms with E-state index in [1.807, 2.05) is 6.92 Å². The molecule has 0 aromatic rings. The molecule has 0 unspecified atom stereocenters. The van der Waals surface area contributed by atoms with E-state index in [0.717, 1.165) is 29.9 Å². The smallest absolute Gasteiger partial charge is 0.332 e. The lowest BCUT2D eigenvalue weighted by atomic mass is 9.48. The van der Waals surface area contributed by atoms with E-state index in [2.05, 4.69) is 10.5 Å². The second-order valence-electron chi connectivity index (χ2n) is 6.92. The summed E-state index contributed by atoms with van der Waals surface area (Å²) in [4.78, 5) is 10.7. The van der Waals surface area contributed by atoms with Crippen LogP contribution in [0.5, 0.6) is 0 Å². The first-order valence-electron chi connectivity index (χ1n) is 7.13. The van der Waals surface area contributed by atoms with Gasteiger partial charge in [-0.25, -0.2) is 10.2 Å². The molecule has 2 amide bonds. The summed E-state index contributed by atoms with van der Waals surface area (Å²) in [5.74, 6) is 2.90. The van der Waals surface area contributed by atoms with E-state index in [1.165, 1.54) is 38.5 Å². The van der Waals surface area contributed by atoms with Crippen LogP contribution in [0.4, 0.5) is 4.79 Å². The van der Waals surface area contributed by atoms with Crippen LogP contribution >= 0.6 is 0 Å². The molecule has 0 spiro atoms. The normalized spacial score (nSPS) is 42.1. The Morgan fingerprint density at radius 3 is 2.17 bits per heavy atom. The van der Waals surface area contributed by atoms with Gasteiger partial charge in [-0.2, -0.15) is 5.10 Å². The van der Waals surface area contributed by atoms with Crippen molar-refractivity contribution in [3.8, 4) is 0 Å². The summed E-state index contributed by atoms with van der Waals surface area (Å²) in [6.07, 6.45) is 9.57. The number of carbonyl (C=O) groups excluding carboxylic acids is 1. The first kappa shape index (κ1) is 12.0. The van der Waals surface area contributed by atoms with Crippen LogP contribution in [0.15, 0.2) is 5.10 Å². The lowest BCUT2D eigenvalue weighted by Crippen LogP contribution is -2.46. The van der Waals surface area contributed by atoms with Gasteiger partial charge >= 0.3 is 6.03 Å². The Bertz CT molecular complexity index is 353. The van der Waals surface area contributed by atoms with Crippen molar-refractivity contribution in [2.45, 2.75) is 51.9 Å². The maximum atomic E-state index is 10.7. The highest BCUT2D eigenvalue weighted by Gasteiger charge is 2.50. The van der Waals surface area contributed by atoms with Crippen LogP contribution in [0.25, 0.3) is 0 Å². The molecule has 0 aromatic carbocycles. The van der Waals surface area contributed by atoms with Gasteiger partial charge in [0.05, 0.1) is 0 Å². The van der Waals surface area contributed by atoms with E-state index in [-0.39, 0.29) is 0 Å². The molecule has 4 aliphatic carbocycles. The largest absolute Gasteiger partial charge is 0.350 e. The molecule has 100 valence electrons. The molecule has 0 aliphatic heterocycles. The Balaban J connectivity index is 1.68. The second-order valence-corrected chi connectivity index (χ2v) is 6.92. The van der Waals surface area contributed by atoms with Gasteiger partial charge in [0.2, 0.25) is 0 Å². The lowest BCUT2D eigenvalue weighted by Gasteiger charge is -2.57. The zero-order valence-corrected chi connectivity index (χ0v) is 11.1. The highest BCUT2D eigenvalue weighted by molar-refractivity contribution is 5.84. The summed E-state index contributed by atoms with van der Waals surface area (Å²) in [7, 11) is 0. The van der Waals surface area contributed by atoms with Crippen molar-refractivity contribution in [1.82, 2.24) is 5.43 Å². The lowest BCUT2D eigenvalue weighted by molar-refractivity contribution is -0.0482. The van der Waals surface area contributed by atoms with E-state index in [1.54, 1.807) is 0 Å². The Labute approximate surface area is 108 Å². The fourth-order valence-corrected chi connectivity index (χ4v) is 5.24. The van der Waals surface area contributed by atoms with E-state index >= 15 is 0 Å². The average Bonchev–Trinajstić information content (AvgIpc) is 2.23. The molecule has 4 fully saturated rings. The minimum Gasteiger partial charge on any atom is -0.350 e. The summed E-state index contributed by atoms with van der Waals surface area (Å²) in [6.45, 7) is 2.01. The third kappa shape index (κ3) is 2.25. The molecule has 0 saturated heterocycles. The molecule has 4 heteroatoms. The van der Waals surface area contributed by atoms with Crippen molar-refractivity contribution in [3.63, 3.8) is 0 Å². The van der Waals surface area contributed by atoms with Crippen LogP contribution in [0.3, 0.4) is 0 Å². The molecule has 4 rings (SSSR count). The number of hydrogen-bond donors (Lipinski definition) is 2.